The summed E-state index contributed by atoms with van der Waals surface area (Å²) in [5, 5.41) is 1.57. The van der Waals surface area contributed by atoms with E-state index in [0.717, 1.165) is 31.7 Å². The summed E-state index contributed by atoms with van der Waals surface area (Å²) >= 11 is 0.490. The lowest BCUT2D eigenvalue weighted by molar-refractivity contribution is -0.118. The molecular weight excluding hydrogens is 805 g/mol. The number of carbonyl (C=O) groups excluding carboxylic acids is 3. The van der Waals surface area contributed by atoms with Gasteiger partial charge in [-0.15, -0.1) is 0 Å². The zero-order valence-electron chi connectivity index (χ0n) is 33.9. The number of fused-ring (bicyclic) bond motifs is 2. The van der Waals surface area contributed by atoms with Crippen molar-refractivity contribution in [1.82, 2.24) is 14.8 Å². The number of carbonyl (C=O) groups is 3. The summed E-state index contributed by atoms with van der Waals surface area (Å²) < 4.78 is 79.0. The van der Waals surface area contributed by atoms with E-state index in [9.17, 15) is 28.3 Å². The summed E-state index contributed by atoms with van der Waals surface area (Å²) in [5.74, 6) is -1.97. The summed E-state index contributed by atoms with van der Waals surface area (Å²) in [5.41, 5.74) is -3.03. The number of hydrogen-bond acceptors (Lipinski definition) is 14. The van der Waals surface area contributed by atoms with E-state index in [-0.39, 0.29) is 66.8 Å². The van der Waals surface area contributed by atoms with E-state index in [2.05, 4.69) is 5.32 Å². The molecule has 5 rings (SSSR count). The number of pyridine rings is 1. The molecule has 20 heteroatoms. The average molecular weight is 861 g/mol. The summed E-state index contributed by atoms with van der Waals surface area (Å²) in [7, 11) is -7.25. The number of thioether (sulfide) groups is 1. The molecule has 2 atom stereocenters. The minimum Gasteiger partial charge on any atom is -0.492 e. The van der Waals surface area contributed by atoms with Gasteiger partial charge in [-0.05, 0) is 86.1 Å². The second-order valence-electron chi connectivity index (χ2n) is 15.0. The van der Waals surface area contributed by atoms with Crippen LogP contribution in [0.1, 0.15) is 90.5 Å². The Morgan fingerprint density at radius 3 is 2.09 bits per heavy atom. The van der Waals surface area contributed by atoms with Crippen molar-refractivity contribution in [3.05, 3.63) is 33.9 Å². The summed E-state index contributed by atoms with van der Waals surface area (Å²) in [6, 6.07) is 0.819. The molecule has 3 fully saturated rings. The van der Waals surface area contributed by atoms with Crippen molar-refractivity contribution in [3.63, 3.8) is 0 Å². The van der Waals surface area contributed by atoms with E-state index < -0.39 is 60.4 Å². The van der Waals surface area contributed by atoms with Crippen LogP contribution in [0.2, 0.25) is 0 Å². The van der Waals surface area contributed by atoms with E-state index in [1.165, 1.54) is 13.3 Å². The van der Waals surface area contributed by atoms with Gasteiger partial charge in [0.1, 0.15) is 11.3 Å². The zero-order valence-corrected chi connectivity index (χ0v) is 36.5. The molecule has 318 valence electrons. The minimum absolute atomic E-state index is 0.0632. The number of piperidine rings is 1. The first-order valence-electron chi connectivity index (χ1n) is 19.4. The van der Waals surface area contributed by atoms with Crippen LogP contribution in [0.5, 0.6) is 5.75 Å². The third kappa shape index (κ3) is 9.91. The maximum atomic E-state index is 16.4. The topological polar surface area (TPSA) is 181 Å². The van der Waals surface area contributed by atoms with E-state index in [1.54, 1.807) is 37.2 Å². The number of rotatable bonds is 17. The number of nitrogens with zero attached hydrogens (tertiary/aromatic N) is 3. The maximum Gasteiger partial charge on any atom is 0.410 e. The number of amides is 2. The highest BCUT2D eigenvalue weighted by Gasteiger charge is 2.52. The molecule has 0 bridgehead atoms. The zero-order chi connectivity index (χ0) is 41.9. The Kier molecular flexibility index (Phi) is 14.7. The van der Waals surface area contributed by atoms with Gasteiger partial charge in [-0.2, -0.15) is 0 Å². The minimum atomic E-state index is -4.33. The van der Waals surface area contributed by atoms with Crippen LogP contribution < -0.4 is 20.4 Å². The van der Waals surface area contributed by atoms with E-state index in [0.29, 0.717) is 36.9 Å². The molecule has 2 saturated heterocycles. The number of hydrogen-bond donors (Lipinski definition) is 1. The van der Waals surface area contributed by atoms with Crippen molar-refractivity contribution in [2.75, 3.05) is 63.8 Å². The van der Waals surface area contributed by atoms with Crippen LogP contribution in [0.15, 0.2) is 17.1 Å². The molecule has 57 heavy (non-hydrogen) atoms. The summed E-state index contributed by atoms with van der Waals surface area (Å²) in [4.78, 5) is 57.9. The second kappa shape index (κ2) is 18.5. The first-order chi connectivity index (χ1) is 26.9. The molecule has 2 aliphatic heterocycles. The lowest BCUT2D eigenvalue weighted by Crippen LogP contribution is -2.50. The Balaban J connectivity index is 1.44. The van der Waals surface area contributed by atoms with Crippen molar-refractivity contribution < 1.29 is 55.5 Å². The molecule has 3 aliphatic rings. The molecule has 1 N–H and O–H groups in total. The Bertz CT molecular complexity index is 1940. The van der Waals surface area contributed by atoms with Crippen LogP contribution in [0.25, 0.3) is 10.9 Å². The average Bonchev–Trinajstić information content (AvgIpc) is 3.89. The first kappa shape index (κ1) is 45.1. The highest BCUT2D eigenvalue weighted by molar-refractivity contribution is 8.14. The summed E-state index contributed by atoms with van der Waals surface area (Å²) in [6.45, 7) is 12.5. The highest BCUT2D eigenvalue weighted by Crippen LogP contribution is 2.69. The van der Waals surface area contributed by atoms with E-state index >= 15 is 4.39 Å². The second-order valence-corrected chi connectivity index (χ2v) is 20.5. The molecule has 16 nitrogen and oxygen atoms in total. The van der Waals surface area contributed by atoms with Crippen molar-refractivity contribution >= 4 is 60.7 Å². The fourth-order valence-corrected chi connectivity index (χ4v) is 13.0. The third-order valence-electron chi connectivity index (χ3n) is 9.75. The lowest BCUT2D eigenvalue weighted by atomic mass is 9.92. The smallest absolute Gasteiger partial charge is 0.410 e. The van der Waals surface area contributed by atoms with Crippen LogP contribution >= 0.6 is 27.0 Å². The van der Waals surface area contributed by atoms with Gasteiger partial charge in [-0.3, -0.25) is 23.5 Å². The van der Waals surface area contributed by atoms with Crippen LogP contribution in [-0.2, 0) is 36.8 Å². The Labute approximate surface area is 336 Å². The molecule has 1 aromatic carbocycles. The van der Waals surface area contributed by atoms with Gasteiger partial charge in [0, 0.05) is 31.9 Å². The van der Waals surface area contributed by atoms with Crippen molar-refractivity contribution in [2.24, 2.45) is 5.92 Å². The Morgan fingerprint density at radius 1 is 0.965 bits per heavy atom. The van der Waals surface area contributed by atoms with Crippen molar-refractivity contribution in [2.45, 2.75) is 97.4 Å². The van der Waals surface area contributed by atoms with Gasteiger partial charge in [0.15, 0.2) is 11.6 Å². The number of aromatic nitrogens is 1. The number of halogens is 1. The Morgan fingerprint density at radius 2 is 1.56 bits per heavy atom. The fraction of sp³-hybridized carbons (Fsp3) is 0.676. The lowest BCUT2D eigenvalue weighted by Gasteiger charge is -2.37. The molecule has 3 heterocycles. The molecule has 2 amide bonds. The molecule has 1 aromatic heterocycles. The van der Waals surface area contributed by atoms with Crippen molar-refractivity contribution in [1.29, 1.82) is 0 Å². The van der Waals surface area contributed by atoms with Crippen LogP contribution in [0.4, 0.5) is 14.9 Å². The number of anilines is 1. The van der Waals surface area contributed by atoms with Gasteiger partial charge in [0.2, 0.25) is 22.0 Å². The number of methoxy groups -OCH3 is 1. The van der Waals surface area contributed by atoms with Gasteiger partial charge in [0.05, 0.1) is 61.8 Å². The molecule has 2 aromatic rings. The predicted molar refractivity (Wildman–Crippen MR) is 215 cm³/mol. The van der Waals surface area contributed by atoms with Gasteiger partial charge in [-0.1, -0.05) is 11.8 Å². The largest absolute Gasteiger partial charge is 0.492 e. The maximum absolute atomic E-state index is 16.4. The third-order valence-corrected chi connectivity index (χ3v) is 16.3. The van der Waals surface area contributed by atoms with E-state index in [1.807, 2.05) is 25.7 Å². The van der Waals surface area contributed by atoms with Gasteiger partial charge >= 0.3 is 21.3 Å². The van der Waals surface area contributed by atoms with Gasteiger partial charge in [0.25, 0.3) is 0 Å². The van der Waals surface area contributed by atoms with E-state index in [4.69, 9.17) is 27.6 Å². The first-order valence-corrected chi connectivity index (χ1v) is 23.6. The molecule has 0 spiro atoms. The predicted octanol–water partition coefficient (Wildman–Crippen LogP) is 7.13. The normalized spacial score (nSPS) is 18.9. The Hall–Kier alpha value is -2.98. The number of likely N-dealkylation sites (tertiary alicyclic amines) is 1. The van der Waals surface area contributed by atoms with Gasteiger partial charge in [-0.25, -0.2) is 9.18 Å². The summed E-state index contributed by atoms with van der Waals surface area (Å²) in [6.07, 6.45) is 4.14. The van der Waals surface area contributed by atoms with Crippen molar-refractivity contribution in [3.8, 4) is 5.75 Å². The number of benzene rings is 1. The number of nitrogens with one attached hydrogen (secondary N) is 1. The molecular formula is C37H55FN4O12P2S. The molecule has 0 unspecified atom stereocenters. The molecule has 1 aliphatic carbocycles. The van der Waals surface area contributed by atoms with Gasteiger partial charge < -0.3 is 47.3 Å². The SMILES string of the molecule is CCOP(=O)(OCC)C(NC(=O)CSC(=O)c1cn(C2CC2)c2c(OC)c(N3C[C@@H]4CCCN(C(=O)OC(C)(C)C)[C@H]4C3)c(F)cc2c1=O)P(=O)(OCC)OCC. The quantitative estimate of drug-likeness (QED) is 0.159. The molecule has 0 radical (unpaired) electrons. The molecule has 1 saturated carbocycles. The van der Waals surface area contributed by atoms with Crippen LogP contribution in [0, 0.1) is 11.7 Å². The highest BCUT2D eigenvalue weighted by atomic mass is 32.2. The standard InChI is InChI=1S/C37H55FN4O12P2S/c1-9-50-55(47,51-10-2)35(56(48,52-11-3)53-12-4)39-29(43)22-57-34(45)26-20-42(24-15-16-24)30-25(32(26)44)18-27(38)31(33(30)49-8)40-19-23-14-13-17-41(28(23)21-40)36(46)54-37(5,6)7/h18,20,23-24,28,35H,9-17,19,21-22H2,1-8H3,(H,39,43)/t23-,28-/m0/s1. The fourth-order valence-electron chi connectivity index (χ4n) is 7.43. The number of ether oxygens (including phenoxy) is 2. The van der Waals surface area contributed by atoms with Crippen LogP contribution in [-0.4, -0.2) is 103 Å². The monoisotopic (exact) mass is 860 g/mol. The van der Waals surface area contributed by atoms with Crippen LogP contribution in [0.3, 0.4) is 0 Å².